The van der Waals surface area contributed by atoms with Crippen LogP contribution in [0.1, 0.15) is 28.8 Å². The van der Waals surface area contributed by atoms with Gasteiger partial charge in [-0.1, -0.05) is 36.4 Å². The summed E-state index contributed by atoms with van der Waals surface area (Å²) in [7, 11) is 0. The van der Waals surface area contributed by atoms with Gasteiger partial charge in [0.25, 0.3) is 5.91 Å². The number of rotatable bonds is 2. The Morgan fingerprint density at radius 1 is 1.12 bits per heavy atom. The maximum absolute atomic E-state index is 12.7. The fourth-order valence-corrected chi connectivity index (χ4v) is 3.76. The average molecular weight is 320 g/mol. The fourth-order valence-electron chi connectivity index (χ4n) is 3.76. The molecule has 122 valence electrons. The number of aryl methyl sites for hydroxylation is 1. The molecule has 0 unspecified atom stereocenters. The van der Waals surface area contributed by atoms with Gasteiger partial charge >= 0.3 is 0 Å². The Hall–Kier alpha value is -2.62. The molecule has 2 aliphatic heterocycles. The number of hydrogen-bond donors (Lipinski definition) is 1. The van der Waals surface area contributed by atoms with Gasteiger partial charge in [-0.3, -0.25) is 9.59 Å². The first kappa shape index (κ1) is 14.9. The van der Waals surface area contributed by atoms with Gasteiger partial charge < -0.3 is 10.2 Å². The van der Waals surface area contributed by atoms with E-state index in [9.17, 15) is 9.59 Å². The number of likely N-dealkylation sites (tertiary alicyclic amines) is 1. The molecule has 4 nitrogen and oxygen atoms in total. The van der Waals surface area contributed by atoms with Gasteiger partial charge in [0.15, 0.2) is 0 Å². The van der Waals surface area contributed by atoms with Crippen LogP contribution in [0, 0.1) is 6.92 Å². The van der Waals surface area contributed by atoms with Crippen LogP contribution in [0.3, 0.4) is 0 Å². The van der Waals surface area contributed by atoms with Crippen LogP contribution in [0.5, 0.6) is 0 Å². The number of nitrogens with one attached hydrogen (secondary N) is 1. The molecule has 4 rings (SSSR count). The fraction of sp³-hybridized carbons (Fsp3) is 0.300. The molecule has 0 bridgehead atoms. The number of benzene rings is 2. The van der Waals surface area contributed by atoms with Crippen LogP contribution in [-0.2, 0) is 4.79 Å². The molecule has 0 aromatic heterocycles. The number of amides is 2. The van der Waals surface area contributed by atoms with Crippen LogP contribution in [0.4, 0.5) is 0 Å². The molecule has 0 radical (unpaired) electrons. The second kappa shape index (κ2) is 5.48. The van der Waals surface area contributed by atoms with E-state index in [1.165, 1.54) is 0 Å². The summed E-state index contributed by atoms with van der Waals surface area (Å²) < 4.78 is 0. The highest BCUT2D eigenvalue weighted by molar-refractivity contribution is 5.96. The van der Waals surface area contributed by atoms with Crippen LogP contribution in [0.15, 0.2) is 48.5 Å². The molecular formula is C20H20N2O2. The first-order chi connectivity index (χ1) is 11.6. The van der Waals surface area contributed by atoms with Crippen LogP contribution in [0.2, 0.25) is 0 Å². The summed E-state index contributed by atoms with van der Waals surface area (Å²) in [5.41, 5.74) is 3.95. The van der Waals surface area contributed by atoms with Crippen molar-refractivity contribution in [1.29, 1.82) is 0 Å². The summed E-state index contributed by atoms with van der Waals surface area (Å²) in [6.45, 7) is 3.28. The van der Waals surface area contributed by atoms with Crippen molar-refractivity contribution in [2.45, 2.75) is 25.3 Å². The minimum absolute atomic E-state index is 0.0458. The number of nitrogens with zero attached hydrogens (tertiary/aromatic N) is 1. The monoisotopic (exact) mass is 320 g/mol. The summed E-state index contributed by atoms with van der Waals surface area (Å²) in [6, 6.07) is 16.1. The topological polar surface area (TPSA) is 49.4 Å². The van der Waals surface area contributed by atoms with E-state index in [1.54, 1.807) is 0 Å². The van der Waals surface area contributed by atoms with Crippen molar-refractivity contribution in [3.05, 3.63) is 59.7 Å². The predicted molar refractivity (Wildman–Crippen MR) is 92.6 cm³/mol. The van der Waals surface area contributed by atoms with E-state index in [4.69, 9.17) is 0 Å². The maximum atomic E-state index is 12.7. The molecule has 24 heavy (non-hydrogen) atoms. The van der Waals surface area contributed by atoms with E-state index in [0.717, 1.165) is 23.1 Å². The molecule has 0 saturated carbocycles. The second-order valence-corrected chi connectivity index (χ2v) is 6.89. The molecule has 2 aliphatic rings. The standard InChI is InChI=1S/C20H20N2O2/c1-14-11-16(7-8-17(14)15-5-3-2-4-6-15)19(24)22-12-20(13-22)10-9-18(23)21-20/h2-8,11H,9-10,12-13H2,1H3,(H,21,23). The van der Waals surface area contributed by atoms with Crippen LogP contribution < -0.4 is 5.32 Å². The molecule has 2 aromatic carbocycles. The quantitative estimate of drug-likeness (QED) is 0.925. The van der Waals surface area contributed by atoms with Crippen LogP contribution in [0.25, 0.3) is 11.1 Å². The molecule has 1 spiro atoms. The molecule has 4 heteroatoms. The molecule has 2 saturated heterocycles. The first-order valence-electron chi connectivity index (χ1n) is 8.33. The SMILES string of the molecule is Cc1cc(C(=O)N2CC3(CCC(=O)N3)C2)ccc1-c1ccccc1. The van der Waals surface area contributed by atoms with E-state index in [2.05, 4.69) is 17.4 Å². The Balaban J connectivity index is 1.50. The van der Waals surface area contributed by atoms with Crippen molar-refractivity contribution in [2.24, 2.45) is 0 Å². The van der Waals surface area contributed by atoms with Gasteiger partial charge in [0.1, 0.15) is 0 Å². The first-order valence-corrected chi connectivity index (χ1v) is 8.33. The highest BCUT2D eigenvalue weighted by Crippen LogP contribution is 2.32. The Labute approximate surface area is 141 Å². The molecule has 1 N–H and O–H groups in total. The van der Waals surface area contributed by atoms with Gasteiger partial charge in [0.05, 0.1) is 5.54 Å². The summed E-state index contributed by atoms with van der Waals surface area (Å²) in [5, 5.41) is 3.01. The minimum atomic E-state index is -0.161. The highest BCUT2D eigenvalue weighted by atomic mass is 16.2. The molecular weight excluding hydrogens is 300 g/mol. The highest BCUT2D eigenvalue weighted by Gasteiger charge is 2.49. The lowest BCUT2D eigenvalue weighted by Gasteiger charge is -2.47. The van der Waals surface area contributed by atoms with Crippen molar-refractivity contribution in [2.75, 3.05) is 13.1 Å². The lowest BCUT2D eigenvalue weighted by atomic mass is 9.87. The molecule has 2 fully saturated rings. The smallest absolute Gasteiger partial charge is 0.254 e. The van der Waals surface area contributed by atoms with Gasteiger partial charge in [-0.25, -0.2) is 0 Å². The second-order valence-electron chi connectivity index (χ2n) is 6.89. The van der Waals surface area contributed by atoms with E-state index < -0.39 is 0 Å². The summed E-state index contributed by atoms with van der Waals surface area (Å²) in [5.74, 6) is 0.148. The Bertz CT molecular complexity index is 808. The largest absolute Gasteiger partial charge is 0.347 e. The summed E-state index contributed by atoms with van der Waals surface area (Å²) in [6.07, 6.45) is 1.41. The third-order valence-electron chi connectivity index (χ3n) is 5.07. The lowest BCUT2D eigenvalue weighted by Crippen LogP contribution is -2.68. The van der Waals surface area contributed by atoms with E-state index in [0.29, 0.717) is 25.1 Å². The van der Waals surface area contributed by atoms with Gasteiger partial charge in [-0.05, 0) is 42.2 Å². The van der Waals surface area contributed by atoms with Gasteiger partial charge in [0.2, 0.25) is 5.91 Å². The maximum Gasteiger partial charge on any atom is 0.254 e. The molecule has 0 aliphatic carbocycles. The third-order valence-corrected chi connectivity index (χ3v) is 5.07. The van der Waals surface area contributed by atoms with Gasteiger partial charge in [-0.2, -0.15) is 0 Å². The number of carbonyl (C=O) groups is 2. The normalized spacial score (nSPS) is 18.4. The number of carbonyl (C=O) groups excluding carboxylic acids is 2. The van der Waals surface area contributed by atoms with Crippen molar-refractivity contribution < 1.29 is 9.59 Å². The zero-order valence-electron chi connectivity index (χ0n) is 13.7. The molecule has 2 heterocycles. The lowest BCUT2D eigenvalue weighted by molar-refractivity contribution is -0.120. The van der Waals surface area contributed by atoms with Crippen molar-refractivity contribution in [1.82, 2.24) is 10.2 Å². The Kier molecular flexibility index (Phi) is 3.41. The minimum Gasteiger partial charge on any atom is -0.347 e. The molecule has 0 atom stereocenters. The van der Waals surface area contributed by atoms with Gasteiger partial charge in [-0.15, -0.1) is 0 Å². The van der Waals surface area contributed by atoms with Gasteiger partial charge in [0, 0.05) is 25.1 Å². The Morgan fingerprint density at radius 3 is 2.50 bits per heavy atom. The van der Waals surface area contributed by atoms with Crippen molar-refractivity contribution >= 4 is 11.8 Å². The molecule has 2 amide bonds. The number of hydrogen-bond acceptors (Lipinski definition) is 2. The summed E-state index contributed by atoms with van der Waals surface area (Å²) >= 11 is 0. The molecule has 2 aromatic rings. The average Bonchev–Trinajstić information content (AvgIpc) is 2.96. The van der Waals surface area contributed by atoms with E-state index >= 15 is 0 Å². The van der Waals surface area contributed by atoms with Crippen LogP contribution >= 0.6 is 0 Å². The van der Waals surface area contributed by atoms with Crippen molar-refractivity contribution in [3.63, 3.8) is 0 Å². The zero-order chi connectivity index (χ0) is 16.7. The third kappa shape index (κ3) is 2.48. The van der Waals surface area contributed by atoms with E-state index in [-0.39, 0.29) is 17.4 Å². The Morgan fingerprint density at radius 2 is 1.88 bits per heavy atom. The predicted octanol–water partition coefficient (Wildman–Crippen LogP) is 2.77. The van der Waals surface area contributed by atoms with Crippen molar-refractivity contribution in [3.8, 4) is 11.1 Å². The summed E-state index contributed by atoms with van der Waals surface area (Å²) in [4.78, 5) is 25.9. The zero-order valence-corrected chi connectivity index (χ0v) is 13.7. The van der Waals surface area contributed by atoms with E-state index in [1.807, 2.05) is 48.2 Å². The van der Waals surface area contributed by atoms with Crippen LogP contribution in [-0.4, -0.2) is 35.3 Å².